The minimum Gasteiger partial charge on any atom is -0.442 e. The lowest BCUT2D eigenvalue weighted by Crippen LogP contribution is -2.41. The zero-order chi connectivity index (χ0) is 24.2. The van der Waals surface area contributed by atoms with Gasteiger partial charge in [0.1, 0.15) is 17.7 Å². The molecule has 2 heterocycles. The number of aromatic nitrogens is 1. The molecule has 7 N–H and O–H groups in total. The monoisotopic (exact) mass is 469 g/mol. The summed E-state index contributed by atoms with van der Waals surface area (Å²) in [5.41, 5.74) is 11.5. The standard InChI is InChI=1S/C23H28FN7O3/c1-13(32)27-11-18-12-31(23(33)34-18)17-4-5-19(20(24)8-17)15-6-14-2-3-16(7-21(14)28-10-15)29-22(9-25)30-26/h4-6,8-10,16,18,29-30H,2-3,7,11-12,25-26H2,1H3,(H,27,32)/b22-9-. The fourth-order valence-electron chi connectivity index (χ4n) is 4.23. The van der Waals surface area contributed by atoms with E-state index in [1.807, 2.05) is 6.07 Å². The van der Waals surface area contributed by atoms with Gasteiger partial charge in [-0.05, 0) is 42.7 Å². The van der Waals surface area contributed by atoms with Gasteiger partial charge in [-0.15, -0.1) is 0 Å². The van der Waals surface area contributed by atoms with E-state index in [4.69, 9.17) is 16.3 Å². The fraction of sp³-hybridized carbons (Fsp3) is 0.348. The van der Waals surface area contributed by atoms with Crippen molar-refractivity contribution < 1.29 is 18.7 Å². The summed E-state index contributed by atoms with van der Waals surface area (Å²) in [5.74, 6) is 5.31. The highest BCUT2D eigenvalue weighted by Crippen LogP contribution is 2.31. The lowest BCUT2D eigenvalue weighted by Gasteiger charge is -2.26. The molecule has 2 aromatic rings. The first kappa shape index (κ1) is 23.3. The molecule has 2 amide bonds. The van der Waals surface area contributed by atoms with Crippen molar-refractivity contribution in [2.45, 2.75) is 38.3 Å². The van der Waals surface area contributed by atoms with Crippen molar-refractivity contribution in [2.75, 3.05) is 18.0 Å². The van der Waals surface area contributed by atoms with E-state index >= 15 is 4.39 Å². The maximum Gasteiger partial charge on any atom is 0.414 e. The molecule has 4 rings (SSSR count). The molecule has 1 saturated heterocycles. The Hall–Kier alpha value is -3.86. The van der Waals surface area contributed by atoms with Gasteiger partial charge in [0.25, 0.3) is 0 Å². The van der Waals surface area contributed by atoms with Crippen molar-refractivity contribution in [2.24, 2.45) is 11.6 Å². The topological polar surface area (TPSA) is 148 Å². The predicted octanol–water partition coefficient (Wildman–Crippen LogP) is 1.02. The van der Waals surface area contributed by atoms with Crippen molar-refractivity contribution in [3.8, 4) is 11.1 Å². The predicted molar refractivity (Wildman–Crippen MR) is 124 cm³/mol. The van der Waals surface area contributed by atoms with E-state index in [0.29, 0.717) is 29.1 Å². The van der Waals surface area contributed by atoms with Crippen molar-refractivity contribution in [3.63, 3.8) is 0 Å². The zero-order valence-corrected chi connectivity index (χ0v) is 18.8. The third-order valence-corrected chi connectivity index (χ3v) is 5.97. The molecule has 34 heavy (non-hydrogen) atoms. The average molecular weight is 470 g/mol. The number of nitrogens with zero attached hydrogens (tertiary/aromatic N) is 2. The number of fused-ring (bicyclic) bond motifs is 1. The third kappa shape index (κ3) is 5.04. The number of anilines is 1. The van der Waals surface area contributed by atoms with Crippen LogP contribution in [-0.2, 0) is 22.4 Å². The highest BCUT2D eigenvalue weighted by Gasteiger charge is 2.32. The van der Waals surface area contributed by atoms with Gasteiger partial charge in [0.15, 0.2) is 0 Å². The molecular formula is C23H28FN7O3. The Balaban J connectivity index is 1.47. The normalized spacial score (nSPS) is 19.9. The van der Waals surface area contributed by atoms with Crippen LogP contribution in [0.1, 0.15) is 24.6 Å². The Morgan fingerprint density at radius 3 is 2.91 bits per heavy atom. The number of hydrogen-bond acceptors (Lipinski definition) is 8. The van der Waals surface area contributed by atoms with Crippen LogP contribution < -0.4 is 32.5 Å². The summed E-state index contributed by atoms with van der Waals surface area (Å²) in [6, 6.07) is 6.74. The van der Waals surface area contributed by atoms with Gasteiger partial charge in [0, 0.05) is 48.6 Å². The highest BCUT2D eigenvalue weighted by molar-refractivity contribution is 5.90. The molecule has 2 atom stereocenters. The van der Waals surface area contributed by atoms with E-state index in [1.165, 1.54) is 24.1 Å². The lowest BCUT2D eigenvalue weighted by atomic mass is 9.90. The van der Waals surface area contributed by atoms with Crippen LogP contribution >= 0.6 is 0 Å². The summed E-state index contributed by atoms with van der Waals surface area (Å²) in [6.07, 6.45) is 4.32. The number of rotatable bonds is 7. The summed E-state index contributed by atoms with van der Waals surface area (Å²) in [4.78, 5) is 29.2. The van der Waals surface area contributed by atoms with Crippen LogP contribution in [0.15, 0.2) is 42.5 Å². The number of hydrazine groups is 1. The minimum atomic E-state index is -0.571. The van der Waals surface area contributed by atoms with Crippen LogP contribution in [0.3, 0.4) is 0 Å². The summed E-state index contributed by atoms with van der Waals surface area (Å²) in [5, 5.41) is 5.86. The van der Waals surface area contributed by atoms with Crippen LogP contribution in [0, 0.1) is 5.82 Å². The maximum absolute atomic E-state index is 15.1. The van der Waals surface area contributed by atoms with E-state index < -0.39 is 18.0 Å². The van der Waals surface area contributed by atoms with Crippen molar-refractivity contribution in [3.05, 3.63) is 59.6 Å². The van der Waals surface area contributed by atoms with Gasteiger partial charge in [-0.2, -0.15) is 0 Å². The molecular weight excluding hydrogens is 441 g/mol. The van der Waals surface area contributed by atoms with Crippen LogP contribution in [0.25, 0.3) is 11.1 Å². The number of cyclic esters (lactones) is 1. The molecule has 1 aromatic heterocycles. The van der Waals surface area contributed by atoms with E-state index in [2.05, 4.69) is 21.0 Å². The van der Waals surface area contributed by atoms with Gasteiger partial charge >= 0.3 is 6.09 Å². The van der Waals surface area contributed by atoms with E-state index in [-0.39, 0.29) is 25.0 Å². The third-order valence-electron chi connectivity index (χ3n) is 5.97. The number of aryl methyl sites for hydroxylation is 1. The molecule has 2 aliphatic rings. The first-order valence-corrected chi connectivity index (χ1v) is 11.0. The first-order valence-electron chi connectivity index (χ1n) is 11.0. The molecule has 0 radical (unpaired) electrons. The van der Waals surface area contributed by atoms with Gasteiger partial charge in [-0.3, -0.25) is 14.7 Å². The van der Waals surface area contributed by atoms with E-state index in [1.54, 1.807) is 18.3 Å². The molecule has 11 heteroatoms. The summed E-state index contributed by atoms with van der Waals surface area (Å²) < 4.78 is 20.3. The molecule has 1 aliphatic carbocycles. The molecule has 0 spiro atoms. The largest absolute Gasteiger partial charge is 0.442 e. The molecule has 1 aromatic carbocycles. The Morgan fingerprint density at radius 2 is 2.21 bits per heavy atom. The molecule has 1 aliphatic heterocycles. The molecule has 2 unspecified atom stereocenters. The second-order valence-corrected chi connectivity index (χ2v) is 8.36. The zero-order valence-electron chi connectivity index (χ0n) is 18.8. The number of pyridine rings is 1. The van der Waals surface area contributed by atoms with Crippen LogP contribution in [0.2, 0.25) is 0 Å². The summed E-state index contributed by atoms with van der Waals surface area (Å²) >= 11 is 0. The Bertz CT molecular complexity index is 1120. The SMILES string of the molecule is CC(=O)NCC1CN(c2ccc(-c3cnc4c(c3)CCC(N/C(=C/N)NN)C4)c(F)c2)C(=O)O1. The number of nitrogens with one attached hydrogen (secondary N) is 3. The number of halogens is 1. The molecule has 180 valence electrons. The number of carbonyl (C=O) groups excluding carboxylic acids is 2. The molecule has 1 fully saturated rings. The lowest BCUT2D eigenvalue weighted by molar-refractivity contribution is -0.119. The second kappa shape index (κ2) is 9.96. The van der Waals surface area contributed by atoms with Gasteiger partial charge in [0.05, 0.1) is 18.8 Å². The Labute approximate surface area is 196 Å². The van der Waals surface area contributed by atoms with E-state index in [0.717, 1.165) is 24.1 Å². The summed E-state index contributed by atoms with van der Waals surface area (Å²) in [7, 11) is 0. The smallest absolute Gasteiger partial charge is 0.414 e. The van der Waals surface area contributed by atoms with Crippen LogP contribution in [-0.4, -0.2) is 42.2 Å². The van der Waals surface area contributed by atoms with Gasteiger partial charge < -0.3 is 26.5 Å². The fourth-order valence-corrected chi connectivity index (χ4v) is 4.23. The van der Waals surface area contributed by atoms with Crippen molar-refractivity contribution in [1.82, 2.24) is 21.0 Å². The summed E-state index contributed by atoms with van der Waals surface area (Å²) in [6.45, 7) is 1.83. The van der Waals surface area contributed by atoms with Crippen LogP contribution in [0.5, 0.6) is 0 Å². The Kier molecular flexibility index (Phi) is 6.82. The number of amides is 2. The van der Waals surface area contributed by atoms with E-state index in [9.17, 15) is 9.59 Å². The number of carbonyl (C=O) groups is 2. The van der Waals surface area contributed by atoms with Gasteiger partial charge in [0.2, 0.25) is 5.91 Å². The average Bonchev–Trinajstić information content (AvgIpc) is 3.21. The molecule has 0 saturated carbocycles. The number of benzene rings is 1. The molecule has 0 bridgehead atoms. The minimum absolute atomic E-state index is 0.141. The maximum atomic E-state index is 15.1. The van der Waals surface area contributed by atoms with Gasteiger partial charge in [-0.1, -0.05) is 0 Å². The quantitative estimate of drug-likeness (QED) is 0.298. The van der Waals surface area contributed by atoms with Gasteiger partial charge in [-0.25, -0.2) is 15.0 Å². The van der Waals surface area contributed by atoms with Crippen molar-refractivity contribution >= 4 is 17.7 Å². The number of nitrogens with two attached hydrogens (primary N) is 2. The van der Waals surface area contributed by atoms with Crippen LogP contribution in [0.4, 0.5) is 14.9 Å². The van der Waals surface area contributed by atoms with Crippen molar-refractivity contribution in [1.29, 1.82) is 0 Å². The molecule has 10 nitrogen and oxygen atoms in total. The second-order valence-electron chi connectivity index (χ2n) is 8.36. The highest BCUT2D eigenvalue weighted by atomic mass is 19.1. The Morgan fingerprint density at radius 1 is 1.38 bits per heavy atom. The first-order chi connectivity index (χ1) is 16.4. The number of hydrogen-bond donors (Lipinski definition) is 5. The number of ether oxygens (including phenoxy) is 1.